The molecule has 6 nitrogen and oxygen atoms in total. The van der Waals surface area contributed by atoms with Crippen LogP contribution in [0.5, 0.6) is 0 Å². The molecule has 1 N–H and O–H groups in total. The first kappa shape index (κ1) is 15.5. The van der Waals surface area contributed by atoms with E-state index in [4.69, 9.17) is 4.74 Å². The Balaban J connectivity index is 2.25. The van der Waals surface area contributed by atoms with Crippen LogP contribution in [0.15, 0.2) is 6.20 Å². The van der Waals surface area contributed by atoms with Gasteiger partial charge in [0.2, 0.25) is 0 Å². The van der Waals surface area contributed by atoms with E-state index in [9.17, 15) is 13.2 Å². The maximum absolute atomic E-state index is 12.4. The molecular formula is C12H16F3N5O. The number of fused-ring (bicyclic) bond motifs is 1. The van der Waals surface area contributed by atoms with Crippen LogP contribution in [-0.2, 0) is 18.4 Å². The lowest BCUT2D eigenvalue weighted by Crippen LogP contribution is -2.28. The molecule has 0 aliphatic carbocycles. The number of aromatic nitrogens is 4. The van der Waals surface area contributed by atoms with Crippen molar-refractivity contribution in [2.24, 2.45) is 7.05 Å². The van der Waals surface area contributed by atoms with Gasteiger partial charge in [-0.25, -0.2) is 9.97 Å². The highest BCUT2D eigenvalue weighted by Gasteiger charge is 2.37. The molecule has 116 valence electrons. The Hall–Kier alpha value is -1.90. The van der Waals surface area contributed by atoms with Crippen LogP contribution in [0.3, 0.4) is 0 Å². The van der Waals surface area contributed by atoms with Gasteiger partial charge < -0.3 is 10.1 Å². The van der Waals surface area contributed by atoms with E-state index in [2.05, 4.69) is 20.4 Å². The van der Waals surface area contributed by atoms with Crippen LogP contribution < -0.4 is 5.32 Å². The molecular weight excluding hydrogens is 287 g/mol. The van der Waals surface area contributed by atoms with Crippen molar-refractivity contribution in [1.29, 1.82) is 0 Å². The molecule has 2 heterocycles. The van der Waals surface area contributed by atoms with Gasteiger partial charge >= 0.3 is 6.18 Å². The molecule has 0 aromatic carbocycles. The number of rotatable bonds is 5. The van der Waals surface area contributed by atoms with Gasteiger partial charge in [-0.1, -0.05) is 0 Å². The maximum atomic E-state index is 12.4. The molecule has 21 heavy (non-hydrogen) atoms. The third-order valence-corrected chi connectivity index (χ3v) is 2.91. The first-order valence-electron chi connectivity index (χ1n) is 6.43. The normalized spacial score (nSPS) is 13.6. The van der Waals surface area contributed by atoms with Crippen molar-refractivity contribution in [2.75, 3.05) is 11.9 Å². The van der Waals surface area contributed by atoms with Gasteiger partial charge in [-0.05, 0) is 13.8 Å². The summed E-state index contributed by atoms with van der Waals surface area (Å²) in [5, 5.41) is 7.82. The third kappa shape index (κ3) is 3.41. The number of nitrogens with one attached hydrogen (secondary N) is 1. The molecule has 2 aromatic rings. The second kappa shape index (κ2) is 5.84. The Labute approximate surface area is 119 Å². The average molecular weight is 303 g/mol. The lowest BCUT2D eigenvalue weighted by Gasteiger charge is -2.16. The zero-order chi connectivity index (χ0) is 15.6. The highest BCUT2D eigenvalue weighted by molar-refractivity contribution is 5.86. The third-order valence-electron chi connectivity index (χ3n) is 2.91. The molecule has 0 aliphatic rings. The Morgan fingerprint density at radius 1 is 1.38 bits per heavy atom. The lowest BCUT2D eigenvalue weighted by atomic mass is 10.3. The summed E-state index contributed by atoms with van der Waals surface area (Å²) < 4.78 is 43.6. The van der Waals surface area contributed by atoms with Crippen LogP contribution in [0, 0.1) is 0 Å². The van der Waals surface area contributed by atoms with E-state index in [0.29, 0.717) is 23.4 Å². The molecule has 0 radical (unpaired) electrons. The van der Waals surface area contributed by atoms with E-state index in [1.54, 1.807) is 13.2 Å². The SMILES string of the molecule is CCNc1nc(COC(C)C(F)(F)F)nc2c1cnn2C. The van der Waals surface area contributed by atoms with Gasteiger partial charge in [-0.15, -0.1) is 0 Å². The topological polar surface area (TPSA) is 64.9 Å². The molecule has 0 aliphatic heterocycles. The minimum atomic E-state index is -4.40. The molecule has 2 aromatic heterocycles. The zero-order valence-electron chi connectivity index (χ0n) is 11.9. The fourth-order valence-corrected chi connectivity index (χ4v) is 1.73. The first-order chi connectivity index (χ1) is 9.82. The average Bonchev–Trinajstić information content (AvgIpc) is 2.77. The molecule has 0 fully saturated rings. The van der Waals surface area contributed by atoms with E-state index in [1.807, 2.05) is 6.92 Å². The predicted molar refractivity (Wildman–Crippen MR) is 70.8 cm³/mol. The van der Waals surface area contributed by atoms with Gasteiger partial charge in [0.15, 0.2) is 17.6 Å². The molecule has 0 spiro atoms. The van der Waals surface area contributed by atoms with Crippen LogP contribution in [-0.4, -0.2) is 38.6 Å². The fraction of sp³-hybridized carbons (Fsp3) is 0.583. The van der Waals surface area contributed by atoms with E-state index in [0.717, 1.165) is 6.92 Å². The summed E-state index contributed by atoms with van der Waals surface area (Å²) in [6, 6.07) is 0. The largest absolute Gasteiger partial charge is 0.414 e. The van der Waals surface area contributed by atoms with E-state index in [1.165, 1.54) is 4.68 Å². The fourth-order valence-electron chi connectivity index (χ4n) is 1.73. The van der Waals surface area contributed by atoms with Crippen LogP contribution >= 0.6 is 0 Å². The summed E-state index contributed by atoms with van der Waals surface area (Å²) in [5.74, 6) is 0.715. The predicted octanol–water partition coefficient (Wildman–Crippen LogP) is 2.26. The second-order valence-electron chi connectivity index (χ2n) is 4.52. The molecule has 1 unspecified atom stereocenters. The van der Waals surface area contributed by atoms with Crippen LogP contribution in [0.4, 0.5) is 19.0 Å². The van der Waals surface area contributed by atoms with Crippen molar-refractivity contribution in [1.82, 2.24) is 19.7 Å². The molecule has 0 bridgehead atoms. The summed E-state index contributed by atoms with van der Waals surface area (Å²) in [7, 11) is 1.70. The summed E-state index contributed by atoms with van der Waals surface area (Å²) in [6.45, 7) is 3.15. The molecule has 9 heteroatoms. The van der Waals surface area contributed by atoms with Gasteiger partial charge in [-0.3, -0.25) is 4.68 Å². The standard InChI is InChI=1S/C12H16F3N5O/c1-4-16-10-8-5-17-20(3)11(8)19-9(18-10)6-21-7(2)12(13,14)15/h5,7H,4,6H2,1-3H3,(H,16,18,19). The van der Waals surface area contributed by atoms with E-state index < -0.39 is 12.3 Å². The van der Waals surface area contributed by atoms with Crippen LogP contribution in [0.1, 0.15) is 19.7 Å². The number of aryl methyl sites for hydroxylation is 1. The van der Waals surface area contributed by atoms with Gasteiger partial charge in [0.05, 0.1) is 11.6 Å². The van der Waals surface area contributed by atoms with Gasteiger partial charge in [0.25, 0.3) is 0 Å². The van der Waals surface area contributed by atoms with Gasteiger partial charge in [0.1, 0.15) is 12.4 Å². The van der Waals surface area contributed by atoms with Crippen molar-refractivity contribution in [3.63, 3.8) is 0 Å². The highest BCUT2D eigenvalue weighted by atomic mass is 19.4. The van der Waals surface area contributed by atoms with Gasteiger partial charge in [-0.2, -0.15) is 18.3 Å². The zero-order valence-corrected chi connectivity index (χ0v) is 11.9. The van der Waals surface area contributed by atoms with Crippen molar-refractivity contribution in [2.45, 2.75) is 32.7 Å². The number of hydrogen-bond acceptors (Lipinski definition) is 5. The number of alkyl halides is 3. The Morgan fingerprint density at radius 3 is 2.71 bits per heavy atom. The number of halogens is 3. The Bertz CT molecular complexity index is 625. The summed E-state index contributed by atoms with van der Waals surface area (Å²) in [5.41, 5.74) is 0.541. The summed E-state index contributed by atoms with van der Waals surface area (Å²) in [6.07, 6.45) is -4.66. The maximum Gasteiger partial charge on any atom is 0.414 e. The number of nitrogens with zero attached hydrogens (tertiary/aromatic N) is 4. The number of ether oxygens (including phenoxy) is 1. The smallest absolute Gasteiger partial charge is 0.370 e. The van der Waals surface area contributed by atoms with Crippen molar-refractivity contribution < 1.29 is 17.9 Å². The second-order valence-corrected chi connectivity index (χ2v) is 4.52. The van der Waals surface area contributed by atoms with Crippen LogP contribution in [0.2, 0.25) is 0 Å². The molecule has 0 saturated carbocycles. The monoisotopic (exact) mass is 303 g/mol. The van der Waals surface area contributed by atoms with Crippen molar-refractivity contribution >= 4 is 16.9 Å². The summed E-state index contributed by atoms with van der Waals surface area (Å²) in [4.78, 5) is 8.38. The first-order valence-corrected chi connectivity index (χ1v) is 6.43. The Morgan fingerprint density at radius 2 is 2.10 bits per heavy atom. The van der Waals surface area contributed by atoms with Crippen molar-refractivity contribution in [3.8, 4) is 0 Å². The Kier molecular flexibility index (Phi) is 4.31. The van der Waals surface area contributed by atoms with Crippen molar-refractivity contribution in [3.05, 3.63) is 12.0 Å². The van der Waals surface area contributed by atoms with Crippen LogP contribution in [0.25, 0.3) is 11.0 Å². The van der Waals surface area contributed by atoms with E-state index >= 15 is 0 Å². The quantitative estimate of drug-likeness (QED) is 0.918. The highest BCUT2D eigenvalue weighted by Crippen LogP contribution is 2.24. The number of anilines is 1. The molecule has 0 saturated heterocycles. The number of hydrogen-bond donors (Lipinski definition) is 1. The minimum absolute atomic E-state index is 0.179. The van der Waals surface area contributed by atoms with Gasteiger partial charge in [0, 0.05) is 13.6 Å². The molecule has 2 rings (SSSR count). The summed E-state index contributed by atoms with van der Waals surface area (Å²) >= 11 is 0. The molecule has 1 atom stereocenters. The van der Waals surface area contributed by atoms with E-state index in [-0.39, 0.29) is 12.4 Å². The lowest BCUT2D eigenvalue weighted by molar-refractivity contribution is -0.217. The minimum Gasteiger partial charge on any atom is -0.370 e. The molecule has 0 amide bonds.